The summed E-state index contributed by atoms with van der Waals surface area (Å²) < 4.78 is 2.05. The number of rotatable bonds is 5. The van der Waals surface area contributed by atoms with E-state index in [1.165, 1.54) is 0 Å². The summed E-state index contributed by atoms with van der Waals surface area (Å²) in [6.07, 6.45) is 9.30. The standard InChI is InChI=1S/C25H28N8O/c1-17-12-20(14-28-23(17)21-4-5-26-18(2)13-21)15-29-24-25-30-16-22(33(25)7-6-27-24)32-10-8-31(9-11-32)19(3)34/h4-7,12-14,16H,8-11,15H2,1-3H3,(H,27,29). The van der Waals surface area contributed by atoms with Gasteiger partial charge in [-0.3, -0.25) is 19.2 Å². The Morgan fingerprint density at radius 2 is 1.82 bits per heavy atom. The number of piperazine rings is 1. The highest BCUT2D eigenvalue weighted by Gasteiger charge is 2.21. The molecule has 34 heavy (non-hydrogen) atoms. The number of fused-ring (bicyclic) bond motifs is 1. The van der Waals surface area contributed by atoms with Gasteiger partial charge in [0, 0.05) is 75.7 Å². The van der Waals surface area contributed by atoms with Crippen molar-refractivity contribution in [1.82, 2.24) is 29.2 Å². The van der Waals surface area contributed by atoms with E-state index in [1.807, 2.05) is 48.7 Å². The lowest BCUT2D eigenvalue weighted by Gasteiger charge is -2.35. The molecule has 1 amide bonds. The molecule has 0 atom stereocenters. The minimum absolute atomic E-state index is 0.127. The lowest BCUT2D eigenvalue weighted by Crippen LogP contribution is -2.48. The van der Waals surface area contributed by atoms with E-state index in [1.54, 1.807) is 13.1 Å². The van der Waals surface area contributed by atoms with Crippen LogP contribution in [0.25, 0.3) is 16.9 Å². The van der Waals surface area contributed by atoms with Crippen LogP contribution in [0.5, 0.6) is 0 Å². The third-order valence-corrected chi connectivity index (χ3v) is 6.22. The van der Waals surface area contributed by atoms with Gasteiger partial charge in [-0.1, -0.05) is 6.07 Å². The molecular weight excluding hydrogens is 428 g/mol. The van der Waals surface area contributed by atoms with E-state index >= 15 is 0 Å². The Hall–Kier alpha value is -4.01. The van der Waals surface area contributed by atoms with E-state index in [0.717, 1.165) is 71.5 Å². The van der Waals surface area contributed by atoms with Crippen LogP contribution in [0.3, 0.4) is 0 Å². The van der Waals surface area contributed by atoms with Crippen molar-refractivity contribution < 1.29 is 4.79 Å². The number of pyridine rings is 2. The van der Waals surface area contributed by atoms with Crippen molar-refractivity contribution in [2.75, 3.05) is 36.4 Å². The number of anilines is 2. The molecule has 0 saturated carbocycles. The number of nitrogens with zero attached hydrogens (tertiary/aromatic N) is 7. The Bertz CT molecular complexity index is 1340. The van der Waals surface area contributed by atoms with Gasteiger partial charge in [0.05, 0.1) is 11.9 Å². The second-order valence-corrected chi connectivity index (χ2v) is 8.63. The first-order chi connectivity index (χ1) is 16.5. The van der Waals surface area contributed by atoms with Gasteiger partial charge in [-0.2, -0.15) is 0 Å². The summed E-state index contributed by atoms with van der Waals surface area (Å²) in [5.74, 6) is 1.86. The first kappa shape index (κ1) is 21.8. The minimum Gasteiger partial charge on any atom is -0.363 e. The fourth-order valence-electron chi connectivity index (χ4n) is 4.43. The van der Waals surface area contributed by atoms with Crippen LogP contribution in [-0.4, -0.2) is 61.3 Å². The molecule has 1 N–H and O–H groups in total. The van der Waals surface area contributed by atoms with Gasteiger partial charge in [-0.05, 0) is 37.1 Å². The smallest absolute Gasteiger partial charge is 0.219 e. The highest BCUT2D eigenvalue weighted by Crippen LogP contribution is 2.24. The molecule has 9 heteroatoms. The maximum absolute atomic E-state index is 11.6. The second kappa shape index (κ2) is 9.09. The summed E-state index contributed by atoms with van der Waals surface area (Å²) in [6.45, 7) is 9.29. The molecule has 5 rings (SSSR count). The molecule has 4 aromatic rings. The van der Waals surface area contributed by atoms with Gasteiger partial charge in [0.2, 0.25) is 5.91 Å². The Morgan fingerprint density at radius 1 is 1.00 bits per heavy atom. The SMILES string of the molecule is CC(=O)N1CCN(c2cnc3c(NCc4cnc(-c5ccnc(C)c5)c(C)c4)nccn23)CC1. The van der Waals surface area contributed by atoms with Gasteiger partial charge in [-0.15, -0.1) is 0 Å². The number of carbonyl (C=O) groups excluding carboxylic acids is 1. The lowest BCUT2D eigenvalue weighted by molar-refractivity contribution is -0.129. The van der Waals surface area contributed by atoms with Gasteiger partial charge in [0.15, 0.2) is 11.5 Å². The number of nitrogens with one attached hydrogen (secondary N) is 1. The Balaban J connectivity index is 1.31. The van der Waals surface area contributed by atoms with Gasteiger partial charge in [0.25, 0.3) is 0 Å². The molecule has 1 fully saturated rings. The molecule has 0 unspecified atom stereocenters. The molecule has 1 aliphatic heterocycles. The van der Waals surface area contributed by atoms with Gasteiger partial charge >= 0.3 is 0 Å². The Labute approximate surface area is 198 Å². The van der Waals surface area contributed by atoms with Crippen LogP contribution >= 0.6 is 0 Å². The fraction of sp³-hybridized carbons (Fsp3) is 0.320. The number of hydrogen-bond acceptors (Lipinski definition) is 7. The zero-order valence-corrected chi connectivity index (χ0v) is 19.7. The molecule has 0 bridgehead atoms. The molecular formula is C25H28N8O. The van der Waals surface area contributed by atoms with Crippen molar-refractivity contribution in [2.24, 2.45) is 0 Å². The summed E-state index contributed by atoms with van der Waals surface area (Å²) in [5.41, 5.74) is 5.98. The van der Waals surface area contributed by atoms with E-state index < -0.39 is 0 Å². The van der Waals surface area contributed by atoms with Crippen LogP contribution in [0.1, 0.15) is 23.7 Å². The predicted octanol–water partition coefficient (Wildman–Crippen LogP) is 3.08. The van der Waals surface area contributed by atoms with E-state index in [9.17, 15) is 4.79 Å². The van der Waals surface area contributed by atoms with Crippen LogP contribution in [0.4, 0.5) is 11.6 Å². The quantitative estimate of drug-likeness (QED) is 0.493. The highest BCUT2D eigenvalue weighted by atomic mass is 16.2. The molecule has 5 heterocycles. The molecule has 0 spiro atoms. The topological polar surface area (TPSA) is 91.5 Å². The average Bonchev–Trinajstić information content (AvgIpc) is 3.27. The van der Waals surface area contributed by atoms with Crippen molar-refractivity contribution in [1.29, 1.82) is 0 Å². The van der Waals surface area contributed by atoms with E-state index in [2.05, 4.69) is 42.6 Å². The zero-order chi connectivity index (χ0) is 23.7. The van der Waals surface area contributed by atoms with Crippen molar-refractivity contribution in [3.05, 3.63) is 66.0 Å². The zero-order valence-electron chi connectivity index (χ0n) is 19.7. The Kier molecular flexibility index (Phi) is 5.83. The molecule has 1 aliphatic rings. The summed E-state index contributed by atoms with van der Waals surface area (Å²) in [5, 5.41) is 3.42. The minimum atomic E-state index is 0.127. The molecule has 4 aromatic heterocycles. The van der Waals surface area contributed by atoms with Crippen molar-refractivity contribution in [2.45, 2.75) is 27.3 Å². The number of aryl methyl sites for hydroxylation is 2. The molecule has 0 radical (unpaired) electrons. The maximum atomic E-state index is 11.6. The fourth-order valence-corrected chi connectivity index (χ4v) is 4.43. The van der Waals surface area contributed by atoms with Crippen LogP contribution < -0.4 is 10.2 Å². The lowest BCUT2D eigenvalue weighted by atomic mass is 10.1. The van der Waals surface area contributed by atoms with Crippen LogP contribution in [0.15, 0.2) is 49.2 Å². The van der Waals surface area contributed by atoms with Gasteiger partial charge in [0.1, 0.15) is 5.82 Å². The Morgan fingerprint density at radius 3 is 2.56 bits per heavy atom. The second-order valence-electron chi connectivity index (χ2n) is 8.63. The van der Waals surface area contributed by atoms with E-state index in [-0.39, 0.29) is 5.91 Å². The highest BCUT2D eigenvalue weighted by molar-refractivity contribution is 5.73. The van der Waals surface area contributed by atoms with Gasteiger partial charge < -0.3 is 15.1 Å². The summed E-state index contributed by atoms with van der Waals surface area (Å²) >= 11 is 0. The van der Waals surface area contributed by atoms with Crippen molar-refractivity contribution in [3.8, 4) is 11.3 Å². The van der Waals surface area contributed by atoms with Crippen LogP contribution in [0, 0.1) is 13.8 Å². The molecule has 1 saturated heterocycles. The molecule has 0 aliphatic carbocycles. The van der Waals surface area contributed by atoms with Crippen molar-refractivity contribution in [3.63, 3.8) is 0 Å². The summed E-state index contributed by atoms with van der Waals surface area (Å²) in [7, 11) is 0. The van der Waals surface area contributed by atoms with Gasteiger partial charge in [-0.25, -0.2) is 9.97 Å². The number of carbonyl (C=O) groups is 1. The van der Waals surface area contributed by atoms with E-state index in [4.69, 9.17) is 4.98 Å². The molecule has 0 aromatic carbocycles. The predicted molar refractivity (Wildman–Crippen MR) is 132 cm³/mol. The number of hydrogen-bond donors (Lipinski definition) is 1. The first-order valence-electron chi connectivity index (χ1n) is 11.4. The molecule has 174 valence electrons. The summed E-state index contributed by atoms with van der Waals surface area (Å²) in [6, 6.07) is 6.19. The molecule has 9 nitrogen and oxygen atoms in total. The van der Waals surface area contributed by atoms with Crippen LogP contribution in [-0.2, 0) is 11.3 Å². The summed E-state index contributed by atoms with van der Waals surface area (Å²) in [4.78, 5) is 33.9. The van der Waals surface area contributed by atoms with Crippen molar-refractivity contribution >= 4 is 23.2 Å². The normalized spacial score (nSPS) is 14.0. The van der Waals surface area contributed by atoms with Crippen LogP contribution in [0.2, 0.25) is 0 Å². The third-order valence-electron chi connectivity index (χ3n) is 6.22. The number of amides is 1. The first-order valence-corrected chi connectivity index (χ1v) is 11.4. The van der Waals surface area contributed by atoms with E-state index in [0.29, 0.717) is 6.54 Å². The monoisotopic (exact) mass is 456 g/mol. The largest absolute Gasteiger partial charge is 0.363 e. The number of imidazole rings is 1. The maximum Gasteiger partial charge on any atom is 0.219 e. The number of aromatic nitrogens is 5. The third kappa shape index (κ3) is 4.28. The average molecular weight is 457 g/mol.